The van der Waals surface area contributed by atoms with Crippen LogP contribution in [0.15, 0.2) is 41.6 Å². The highest BCUT2D eigenvalue weighted by molar-refractivity contribution is 5.82. The summed E-state index contributed by atoms with van der Waals surface area (Å²) in [5, 5.41) is 6.66. The lowest BCUT2D eigenvalue weighted by molar-refractivity contribution is 0.271. The molecule has 0 atom stereocenters. The lowest BCUT2D eigenvalue weighted by Gasteiger charge is -2.33. The first kappa shape index (κ1) is 17.8. The molecule has 0 aliphatic carbocycles. The normalized spacial score (nSPS) is 14.6. The number of rotatable bonds is 6. The van der Waals surface area contributed by atoms with Crippen molar-refractivity contribution in [2.45, 2.75) is 0 Å². The number of hydrazone groups is 1. The Balaban J connectivity index is 1.66. The average molecular weight is 356 g/mol. The van der Waals surface area contributed by atoms with Crippen LogP contribution in [0.25, 0.3) is 0 Å². The van der Waals surface area contributed by atoms with Crippen molar-refractivity contribution in [2.75, 3.05) is 52.4 Å². The average Bonchev–Trinajstić information content (AvgIpc) is 2.72. The van der Waals surface area contributed by atoms with E-state index >= 15 is 0 Å². The molecule has 2 heterocycles. The van der Waals surface area contributed by atoms with Gasteiger partial charge in [0.15, 0.2) is 11.5 Å². The first-order valence-corrected chi connectivity index (χ1v) is 8.50. The second kappa shape index (κ2) is 8.42. The Bertz CT molecular complexity index is 719. The van der Waals surface area contributed by atoms with Gasteiger partial charge in [-0.15, -0.1) is 0 Å². The monoisotopic (exact) mass is 356 g/mol. The van der Waals surface area contributed by atoms with Crippen LogP contribution in [0.3, 0.4) is 0 Å². The first-order chi connectivity index (χ1) is 12.7. The van der Waals surface area contributed by atoms with Gasteiger partial charge in [0.05, 0.1) is 40.6 Å². The Hall–Kier alpha value is -2.96. The van der Waals surface area contributed by atoms with Crippen molar-refractivity contribution < 1.29 is 14.2 Å². The maximum Gasteiger partial charge on any atom is 0.203 e. The van der Waals surface area contributed by atoms with Crippen LogP contribution in [0.2, 0.25) is 0 Å². The Morgan fingerprint density at radius 3 is 2.19 bits per heavy atom. The van der Waals surface area contributed by atoms with Gasteiger partial charge in [0.25, 0.3) is 0 Å². The molecule has 0 unspecified atom stereocenters. The summed E-state index contributed by atoms with van der Waals surface area (Å²) in [7, 11) is 4.80. The molecule has 1 aliphatic rings. The van der Waals surface area contributed by atoms with E-state index in [4.69, 9.17) is 14.2 Å². The third-order valence-corrected chi connectivity index (χ3v) is 4.29. The van der Waals surface area contributed by atoms with Gasteiger partial charge >= 0.3 is 0 Å². The van der Waals surface area contributed by atoms with Gasteiger partial charge in [-0.1, -0.05) is 6.07 Å². The zero-order chi connectivity index (χ0) is 18.4. The lowest BCUT2D eigenvalue weighted by atomic mass is 10.2. The smallest absolute Gasteiger partial charge is 0.203 e. The summed E-state index contributed by atoms with van der Waals surface area (Å²) in [5.41, 5.74) is 0.895. The number of benzene rings is 1. The zero-order valence-corrected chi connectivity index (χ0v) is 15.4. The summed E-state index contributed by atoms with van der Waals surface area (Å²) >= 11 is 0. The highest BCUT2D eigenvalue weighted by atomic mass is 16.5. The number of pyridine rings is 1. The van der Waals surface area contributed by atoms with E-state index in [1.807, 2.05) is 42.7 Å². The number of piperazine rings is 1. The van der Waals surface area contributed by atoms with Gasteiger partial charge in [0.1, 0.15) is 5.82 Å². The van der Waals surface area contributed by atoms with Crippen molar-refractivity contribution in [3.05, 3.63) is 42.1 Å². The lowest BCUT2D eigenvalue weighted by Crippen LogP contribution is -2.44. The fourth-order valence-corrected chi connectivity index (χ4v) is 2.91. The molecule has 0 radical (unpaired) electrons. The third-order valence-electron chi connectivity index (χ3n) is 4.29. The van der Waals surface area contributed by atoms with Crippen LogP contribution in [0.5, 0.6) is 17.2 Å². The predicted octanol–water partition coefficient (Wildman–Crippen LogP) is 2.26. The summed E-state index contributed by atoms with van der Waals surface area (Å²) in [4.78, 5) is 6.67. The molecule has 1 aromatic heterocycles. The fourth-order valence-electron chi connectivity index (χ4n) is 2.91. The van der Waals surface area contributed by atoms with Gasteiger partial charge in [-0.25, -0.2) is 4.98 Å². The standard InChI is InChI=1S/C19H24N4O3/c1-24-16-12-15(13-17(25-2)19(16)26-3)14-21-23-10-8-22(9-11-23)18-6-4-5-7-20-18/h4-7,12-14H,8-11H2,1-3H3/b21-14+. The Morgan fingerprint density at radius 1 is 0.962 bits per heavy atom. The SMILES string of the molecule is COc1cc(/C=N/N2CCN(c3ccccn3)CC2)cc(OC)c1OC. The molecule has 2 aromatic rings. The summed E-state index contributed by atoms with van der Waals surface area (Å²) in [6.07, 6.45) is 3.64. The molecule has 1 aliphatic heterocycles. The van der Waals surface area contributed by atoms with Crippen molar-refractivity contribution in [3.8, 4) is 17.2 Å². The van der Waals surface area contributed by atoms with Crippen LogP contribution >= 0.6 is 0 Å². The molecule has 26 heavy (non-hydrogen) atoms. The molecule has 1 fully saturated rings. The molecular weight excluding hydrogens is 332 g/mol. The summed E-state index contributed by atoms with van der Waals surface area (Å²) in [5.74, 6) is 2.83. The number of methoxy groups -OCH3 is 3. The number of hydrogen-bond donors (Lipinski definition) is 0. The molecule has 0 bridgehead atoms. The van der Waals surface area contributed by atoms with E-state index in [2.05, 4.69) is 20.0 Å². The van der Waals surface area contributed by atoms with Crippen molar-refractivity contribution in [2.24, 2.45) is 5.10 Å². The first-order valence-electron chi connectivity index (χ1n) is 8.50. The molecule has 7 nitrogen and oxygen atoms in total. The van der Waals surface area contributed by atoms with Gasteiger partial charge in [0.2, 0.25) is 5.75 Å². The number of nitrogens with zero attached hydrogens (tertiary/aromatic N) is 4. The zero-order valence-electron chi connectivity index (χ0n) is 15.4. The molecular formula is C19H24N4O3. The van der Waals surface area contributed by atoms with Crippen LogP contribution in [-0.2, 0) is 0 Å². The quantitative estimate of drug-likeness (QED) is 0.740. The molecule has 1 saturated heterocycles. The molecule has 0 N–H and O–H groups in total. The number of aromatic nitrogens is 1. The van der Waals surface area contributed by atoms with Gasteiger partial charge < -0.3 is 19.1 Å². The third kappa shape index (κ3) is 3.99. The number of anilines is 1. The Labute approximate surface area is 153 Å². The number of ether oxygens (including phenoxy) is 3. The molecule has 138 valence electrons. The van der Waals surface area contributed by atoms with Crippen molar-refractivity contribution in [1.82, 2.24) is 9.99 Å². The highest BCUT2D eigenvalue weighted by Gasteiger charge is 2.17. The minimum Gasteiger partial charge on any atom is -0.493 e. The molecule has 0 saturated carbocycles. The molecule has 1 aromatic carbocycles. The summed E-state index contributed by atoms with van der Waals surface area (Å²) < 4.78 is 16.1. The molecule has 0 spiro atoms. The highest BCUT2D eigenvalue weighted by Crippen LogP contribution is 2.37. The fraction of sp³-hybridized carbons (Fsp3) is 0.368. The van der Waals surface area contributed by atoms with Crippen molar-refractivity contribution in [3.63, 3.8) is 0 Å². The van der Waals surface area contributed by atoms with Gasteiger partial charge in [0, 0.05) is 24.8 Å². The van der Waals surface area contributed by atoms with E-state index in [1.54, 1.807) is 21.3 Å². The van der Waals surface area contributed by atoms with E-state index in [0.29, 0.717) is 17.2 Å². The summed E-state index contributed by atoms with van der Waals surface area (Å²) in [6, 6.07) is 9.75. The van der Waals surface area contributed by atoms with E-state index in [9.17, 15) is 0 Å². The van der Waals surface area contributed by atoms with Crippen LogP contribution in [0, 0.1) is 0 Å². The van der Waals surface area contributed by atoms with Crippen molar-refractivity contribution >= 4 is 12.0 Å². The molecule has 7 heteroatoms. The van der Waals surface area contributed by atoms with E-state index < -0.39 is 0 Å². The van der Waals surface area contributed by atoms with Gasteiger partial charge in [-0.05, 0) is 24.3 Å². The van der Waals surface area contributed by atoms with Crippen LogP contribution < -0.4 is 19.1 Å². The Kier molecular flexibility index (Phi) is 5.78. The largest absolute Gasteiger partial charge is 0.493 e. The second-order valence-corrected chi connectivity index (χ2v) is 5.83. The van der Waals surface area contributed by atoms with E-state index in [1.165, 1.54) is 0 Å². The molecule has 0 amide bonds. The Morgan fingerprint density at radius 2 is 1.65 bits per heavy atom. The van der Waals surface area contributed by atoms with Crippen LogP contribution in [-0.4, -0.2) is 63.7 Å². The predicted molar refractivity (Wildman–Crippen MR) is 102 cm³/mol. The van der Waals surface area contributed by atoms with Crippen LogP contribution in [0.4, 0.5) is 5.82 Å². The van der Waals surface area contributed by atoms with Crippen molar-refractivity contribution in [1.29, 1.82) is 0 Å². The number of hydrogen-bond acceptors (Lipinski definition) is 7. The van der Waals surface area contributed by atoms with E-state index in [0.717, 1.165) is 37.6 Å². The van der Waals surface area contributed by atoms with E-state index in [-0.39, 0.29) is 0 Å². The molecule has 3 rings (SSSR count). The van der Waals surface area contributed by atoms with Gasteiger partial charge in [-0.3, -0.25) is 5.01 Å². The van der Waals surface area contributed by atoms with Gasteiger partial charge in [-0.2, -0.15) is 5.10 Å². The maximum atomic E-state index is 5.38. The van der Waals surface area contributed by atoms with Crippen LogP contribution in [0.1, 0.15) is 5.56 Å². The topological polar surface area (TPSA) is 59.4 Å². The second-order valence-electron chi connectivity index (χ2n) is 5.83. The summed E-state index contributed by atoms with van der Waals surface area (Å²) in [6.45, 7) is 3.47. The minimum atomic E-state index is 0.580. The minimum absolute atomic E-state index is 0.580. The maximum absolute atomic E-state index is 5.38.